The molecular weight excluding hydrogens is 498 g/mol. The number of aliphatic imine (C=N–C) groups is 1. The summed E-state index contributed by atoms with van der Waals surface area (Å²) in [6, 6.07) is 14.1. The number of fused-ring (bicyclic) bond motifs is 6. The summed E-state index contributed by atoms with van der Waals surface area (Å²) in [6.07, 6.45) is 4.86. The molecular formula is C30H29N3O6. The normalized spacial score (nSPS) is 21.2. The maximum Gasteiger partial charge on any atom is 0.344 e. The van der Waals surface area contributed by atoms with Gasteiger partial charge in [0.2, 0.25) is 11.5 Å². The van der Waals surface area contributed by atoms with E-state index in [9.17, 15) is 14.4 Å². The predicted molar refractivity (Wildman–Crippen MR) is 144 cm³/mol. The molecule has 6 rings (SSSR count). The molecule has 1 atom stereocenters. The summed E-state index contributed by atoms with van der Waals surface area (Å²) in [5, 5.41) is 0.425. The Labute approximate surface area is 225 Å². The van der Waals surface area contributed by atoms with Crippen LogP contribution in [0.3, 0.4) is 0 Å². The Hall–Kier alpha value is -4.27. The van der Waals surface area contributed by atoms with Crippen molar-refractivity contribution >= 4 is 28.7 Å². The number of rotatable bonds is 5. The minimum atomic E-state index is -1.72. The molecule has 0 bridgehead atoms. The molecule has 1 aromatic heterocycles. The molecule has 200 valence electrons. The van der Waals surface area contributed by atoms with E-state index in [2.05, 4.69) is 0 Å². The Bertz CT molecular complexity index is 1610. The summed E-state index contributed by atoms with van der Waals surface area (Å²) >= 11 is 0. The van der Waals surface area contributed by atoms with Crippen LogP contribution in [0.1, 0.15) is 57.3 Å². The quantitative estimate of drug-likeness (QED) is 0.459. The smallest absolute Gasteiger partial charge is 0.344 e. The highest BCUT2D eigenvalue weighted by atomic mass is 16.6. The molecule has 1 fully saturated rings. The molecule has 1 spiro atoms. The van der Waals surface area contributed by atoms with Gasteiger partial charge in [0.15, 0.2) is 5.82 Å². The third kappa shape index (κ3) is 3.78. The maximum absolute atomic E-state index is 13.9. The topological polar surface area (TPSA) is 109 Å². The standard InChI is InChI=1S/C30H29N3O6/c1-3-37-27(35)23-24(28(36)38-4-2)30(39-25(23)31-18-12-6-5-7-13-18)20-15-9-11-17-22(20)33-26(34)19-14-8-10-16-21(19)32-29(30)33/h8-11,14-18H,3-7,12-13H2,1-2H3. The average molecular weight is 528 g/mol. The number of ether oxygens (including phenoxy) is 3. The Kier molecular flexibility index (Phi) is 6.29. The summed E-state index contributed by atoms with van der Waals surface area (Å²) in [7, 11) is 0. The highest BCUT2D eigenvalue weighted by Gasteiger charge is 2.61. The van der Waals surface area contributed by atoms with Crippen molar-refractivity contribution < 1.29 is 23.8 Å². The molecule has 0 radical (unpaired) electrons. The molecule has 3 aromatic rings. The minimum absolute atomic E-state index is 0.0223. The highest BCUT2D eigenvalue weighted by Crippen LogP contribution is 2.53. The third-order valence-corrected chi connectivity index (χ3v) is 7.51. The number of hydrogen-bond donors (Lipinski definition) is 0. The van der Waals surface area contributed by atoms with Crippen LogP contribution in [0.5, 0.6) is 0 Å². The zero-order valence-corrected chi connectivity index (χ0v) is 21.9. The van der Waals surface area contributed by atoms with Crippen molar-refractivity contribution in [2.75, 3.05) is 13.2 Å². The van der Waals surface area contributed by atoms with E-state index >= 15 is 0 Å². The zero-order valence-electron chi connectivity index (χ0n) is 21.9. The summed E-state index contributed by atoms with van der Waals surface area (Å²) in [6.45, 7) is 3.55. The molecule has 3 heterocycles. The van der Waals surface area contributed by atoms with Gasteiger partial charge in [-0.3, -0.25) is 9.36 Å². The number of carbonyl (C=O) groups excluding carboxylic acids is 2. The summed E-state index contributed by atoms with van der Waals surface area (Å²) in [5.41, 5.74) is -0.708. The SMILES string of the molecule is CCOC(=O)C1=C(C(=O)OCC)C2(OC1=NC1CCCCC1)c1ccccc1-n1c2nc2ccccc2c1=O. The minimum Gasteiger partial charge on any atom is -0.462 e. The van der Waals surface area contributed by atoms with E-state index < -0.39 is 17.5 Å². The van der Waals surface area contributed by atoms with Gasteiger partial charge in [0.25, 0.3) is 5.56 Å². The number of benzene rings is 2. The van der Waals surface area contributed by atoms with Crippen molar-refractivity contribution in [2.24, 2.45) is 4.99 Å². The van der Waals surface area contributed by atoms with Gasteiger partial charge < -0.3 is 14.2 Å². The van der Waals surface area contributed by atoms with Crippen LogP contribution in [0.15, 0.2) is 69.5 Å². The first kappa shape index (κ1) is 25.0. The van der Waals surface area contributed by atoms with Crippen LogP contribution < -0.4 is 5.56 Å². The molecule has 3 aliphatic rings. The molecule has 1 aliphatic carbocycles. The van der Waals surface area contributed by atoms with Crippen molar-refractivity contribution in [3.8, 4) is 5.69 Å². The van der Waals surface area contributed by atoms with Crippen molar-refractivity contribution in [1.29, 1.82) is 0 Å². The van der Waals surface area contributed by atoms with E-state index in [-0.39, 0.29) is 47.7 Å². The molecule has 39 heavy (non-hydrogen) atoms. The van der Waals surface area contributed by atoms with Gasteiger partial charge in [-0.25, -0.2) is 19.6 Å². The van der Waals surface area contributed by atoms with E-state index in [0.29, 0.717) is 22.2 Å². The summed E-state index contributed by atoms with van der Waals surface area (Å²) in [4.78, 5) is 50.9. The highest BCUT2D eigenvalue weighted by molar-refractivity contribution is 6.24. The fourth-order valence-corrected chi connectivity index (χ4v) is 5.86. The van der Waals surface area contributed by atoms with Crippen LogP contribution >= 0.6 is 0 Å². The lowest BCUT2D eigenvalue weighted by atomic mass is 9.85. The Morgan fingerprint density at radius 1 is 1.00 bits per heavy atom. The van der Waals surface area contributed by atoms with Gasteiger partial charge in [-0.05, 0) is 44.9 Å². The fraction of sp³-hybridized carbons (Fsp3) is 0.367. The molecule has 0 amide bonds. The van der Waals surface area contributed by atoms with Gasteiger partial charge in [-0.2, -0.15) is 0 Å². The second-order valence-electron chi connectivity index (χ2n) is 9.81. The Morgan fingerprint density at radius 2 is 1.69 bits per heavy atom. The second kappa shape index (κ2) is 9.80. The molecule has 9 nitrogen and oxygen atoms in total. The monoisotopic (exact) mass is 527 g/mol. The molecule has 0 saturated heterocycles. The van der Waals surface area contributed by atoms with Crippen molar-refractivity contribution in [3.63, 3.8) is 0 Å². The van der Waals surface area contributed by atoms with Gasteiger partial charge in [-0.15, -0.1) is 0 Å². The van der Waals surface area contributed by atoms with E-state index in [1.807, 2.05) is 0 Å². The largest absolute Gasteiger partial charge is 0.462 e. The number of nitrogens with zero attached hydrogens (tertiary/aromatic N) is 3. The van der Waals surface area contributed by atoms with Crippen LogP contribution in [0.25, 0.3) is 16.6 Å². The van der Waals surface area contributed by atoms with E-state index in [1.165, 1.54) is 4.57 Å². The van der Waals surface area contributed by atoms with Crippen LogP contribution in [0.2, 0.25) is 0 Å². The Morgan fingerprint density at radius 3 is 2.46 bits per heavy atom. The number of para-hydroxylation sites is 2. The maximum atomic E-state index is 13.9. The molecule has 2 aliphatic heterocycles. The van der Waals surface area contributed by atoms with Gasteiger partial charge in [0.1, 0.15) is 11.1 Å². The van der Waals surface area contributed by atoms with E-state index in [4.69, 9.17) is 24.2 Å². The fourth-order valence-electron chi connectivity index (χ4n) is 5.86. The van der Waals surface area contributed by atoms with E-state index in [0.717, 1.165) is 32.1 Å². The molecule has 0 N–H and O–H groups in total. The lowest BCUT2D eigenvalue weighted by Crippen LogP contribution is -2.36. The summed E-state index contributed by atoms with van der Waals surface area (Å²) < 4.78 is 19.1. The molecule has 1 saturated carbocycles. The average Bonchev–Trinajstić information content (AvgIpc) is 3.43. The number of carbonyl (C=O) groups is 2. The van der Waals surface area contributed by atoms with Crippen LogP contribution in [-0.2, 0) is 29.4 Å². The van der Waals surface area contributed by atoms with Crippen molar-refractivity contribution in [1.82, 2.24) is 9.55 Å². The van der Waals surface area contributed by atoms with Gasteiger partial charge in [0, 0.05) is 5.56 Å². The first-order chi connectivity index (χ1) is 19.0. The summed E-state index contributed by atoms with van der Waals surface area (Å²) in [5.74, 6) is -1.29. The van der Waals surface area contributed by atoms with Gasteiger partial charge >= 0.3 is 11.9 Å². The van der Waals surface area contributed by atoms with Crippen LogP contribution in [0, 0.1) is 0 Å². The van der Waals surface area contributed by atoms with E-state index in [1.54, 1.807) is 62.4 Å². The number of esters is 2. The second-order valence-corrected chi connectivity index (χ2v) is 9.81. The molecule has 9 heteroatoms. The van der Waals surface area contributed by atoms with Gasteiger partial charge in [-0.1, -0.05) is 49.6 Å². The van der Waals surface area contributed by atoms with Crippen molar-refractivity contribution in [2.45, 2.75) is 57.6 Å². The molecule has 2 aromatic carbocycles. The third-order valence-electron chi connectivity index (χ3n) is 7.51. The van der Waals surface area contributed by atoms with Crippen LogP contribution in [-0.4, -0.2) is 46.6 Å². The predicted octanol–water partition coefficient (Wildman–Crippen LogP) is 4.13. The lowest BCUT2D eigenvalue weighted by molar-refractivity contribution is -0.142. The first-order valence-electron chi connectivity index (χ1n) is 13.5. The van der Waals surface area contributed by atoms with Crippen LogP contribution in [0.4, 0.5) is 0 Å². The lowest BCUT2D eigenvalue weighted by Gasteiger charge is -2.27. The first-order valence-corrected chi connectivity index (χ1v) is 13.5. The number of hydrogen-bond acceptors (Lipinski definition) is 8. The van der Waals surface area contributed by atoms with Gasteiger partial charge in [0.05, 0.1) is 35.8 Å². The zero-order chi connectivity index (χ0) is 27.1. The number of aromatic nitrogens is 2. The van der Waals surface area contributed by atoms with Crippen molar-refractivity contribution in [3.05, 3.63) is 81.4 Å². The Balaban J connectivity index is 1.71. The molecule has 1 unspecified atom stereocenters.